The molecule has 1 N–H and O–H groups in total. The standard InChI is InChI=1S/C27H17ClI2N2O2/c28-21-10-8-17(9-11-21)16-34-26-23(29)13-18(14-24(26)30)12-20(15-31)27(33)32-25-7-3-5-19-4-1-2-6-22(19)25/h1-14H,16H2,(H,32,33)/b20-12+. The molecule has 0 spiro atoms. The molecule has 0 aliphatic carbocycles. The van der Waals surface area contributed by atoms with E-state index >= 15 is 0 Å². The Kier molecular flexibility index (Phi) is 8.08. The van der Waals surface area contributed by atoms with Gasteiger partial charge in [0.25, 0.3) is 5.91 Å². The van der Waals surface area contributed by atoms with Gasteiger partial charge in [-0.05, 0) is 98.1 Å². The van der Waals surface area contributed by atoms with Crippen LogP contribution in [0.2, 0.25) is 5.02 Å². The van der Waals surface area contributed by atoms with Crippen LogP contribution >= 0.6 is 56.8 Å². The highest BCUT2D eigenvalue weighted by Crippen LogP contribution is 2.31. The molecule has 4 nitrogen and oxygen atoms in total. The maximum atomic E-state index is 12.9. The number of carbonyl (C=O) groups is 1. The molecule has 0 unspecified atom stereocenters. The number of anilines is 1. The number of benzene rings is 4. The summed E-state index contributed by atoms with van der Waals surface area (Å²) in [6, 6.07) is 26.8. The maximum absolute atomic E-state index is 12.9. The van der Waals surface area contributed by atoms with Gasteiger partial charge in [0.1, 0.15) is 24.0 Å². The van der Waals surface area contributed by atoms with Crippen LogP contribution in [0.3, 0.4) is 0 Å². The summed E-state index contributed by atoms with van der Waals surface area (Å²) in [4.78, 5) is 12.9. The van der Waals surface area contributed by atoms with Crippen molar-refractivity contribution in [2.24, 2.45) is 0 Å². The number of carbonyl (C=O) groups excluding carboxylic acids is 1. The number of hydrogen-bond donors (Lipinski definition) is 1. The van der Waals surface area contributed by atoms with E-state index in [-0.39, 0.29) is 5.57 Å². The second-order valence-corrected chi connectivity index (χ2v) is 10.1. The van der Waals surface area contributed by atoms with E-state index in [1.807, 2.05) is 84.9 Å². The number of hydrogen-bond acceptors (Lipinski definition) is 3. The Bertz CT molecular complexity index is 1420. The van der Waals surface area contributed by atoms with Gasteiger partial charge in [-0.2, -0.15) is 5.26 Å². The van der Waals surface area contributed by atoms with Crippen LogP contribution in [0.25, 0.3) is 16.8 Å². The summed E-state index contributed by atoms with van der Waals surface area (Å²) in [6.07, 6.45) is 1.59. The lowest BCUT2D eigenvalue weighted by atomic mass is 10.1. The molecule has 168 valence electrons. The van der Waals surface area contributed by atoms with Crippen molar-refractivity contribution in [1.29, 1.82) is 5.26 Å². The van der Waals surface area contributed by atoms with Crippen LogP contribution in [0.5, 0.6) is 5.75 Å². The van der Waals surface area contributed by atoms with Gasteiger partial charge in [-0.15, -0.1) is 0 Å². The Morgan fingerprint density at radius 1 is 1.00 bits per heavy atom. The van der Waals surface area contributed by atoms with Gasteiger partial charge in [-0.3, -0.25) is 4.79 Å². The molecule has 4 aromatic rings. The molecule has 0 heterocycles. The first-order valence-corrected chi connectivity index (χ1v) is 12.8. The molecule has 0 aliphatic heterocycles. The molecule has 4 rings (SSSR count). The maximum Gasteiger partial charge on any atom is 0.266 e. The highest BCUT2D eigenvalue weighted by atomic mass is 127. The molecule has 0 saturated heterocycles. The summed E-state index contributed by atoms with van der Waals surface area (Å²) in [5.74, 6) is 0.305. The zero-order valence-electron chi connectivity index (χ0n) is 17.7. The first kappa shape index (κ1) is 24.5. The van der Waals surface area contributed by atoms with E-state index in [1.165, 1.54) is 0 Å². The van der Waals surface area contributed by atoms with Crippen molar-refractivity contribution in [1.82, 2.24) is 0 Å². The molecule has 0 fully saturated rings. The van der Waals surface area contributed by atoms with Crippen LogP contribution in [0.1, 0.15) is 11.1 Å². The Morgan fingerprint density at radius 2 is 1.68 bits per heavy atom. The van der Waals surface area contributed by atoms with Crippen molar-refractivity contribution in [2.45, 2.75) is 6.61 Å². The fourth-order valence-electron chi connectivity index (χ4n) is 3.38. The molecule has 0 aliphatic rings. The van der Waals surface area contributed by atoms with Crippen molar-refractivity contribution >= 4 is 85.2 Å². The van der Waals surface area contributed by atoms with Crippen molar-refractivity contribution < 1.29 is 9.53 Å². The summed E-state index contributed by atoms with van der Waals surface area (Å²) >= 11 is 10.3. The SMILES string of the molecule is N#C/C(=C\c1cc(I)c(OCc2ccc(Cl)cc2)c(I)c1)C(=O)Nc1cccc2ccccc12. The number of nitrogens with zero attached hydrogens (tertiary/aromatic N) is 1. The first-order chi connectivity index (χ1) is 16.4. The summed E-state index contributed by atoms with van der Waals surface area (Å²) in [5, 5.41) is 15.1. The Labute approximate surface area is 229 Å². The smallest absolute Gasteiger partial charge is 0.266 e. The zero-order chi connectivity index (χ0) is 24.1. The molecule has 0 bridgehead atoms. The molecule has 0 radical (unpaired) electrons. The van der Waals surface area contributed by atoms with E-state index in [1.54, 1.807) is 6.08 Å². The van der Waals surface area contributed by atoms with Crippen molar-refractivity contribution in [2.75, 3.05) is 5.32 Å². The predicted octanol–water partition coefficient (Wildman–Crippen LogP) is 7.83. The molecule has 0 aromatic heterocycles. The third kappa shape index (κ3) is 5.90. The number of nitriles is 1. The van der Waals surface area contributed by atoms with E-state index in [9.17, 15) is 10.1 Å². The molecule has 0 atom stereocenters. The second kappa shape index (κ2) is 11.2. The largest absolute Gasteiger partial charge is 0.487 e. The van der Waals surface area contributed by atoms with E-state index < -0.39 is 5.91 Å². The number of rotatable bonds is 6. The molecular weight excluding hydrogens is 674 g/mol. The predicted molar refractivity (Wildman–Crippen MR) is 154 cm³/mol. The van der Waals surface area contributed by atoms with Gasteiger partial charge in [0, 0.05) is 16.1 Å². The second-order valence-electron chi connectivity index (χ2n) is 7.38. The zero-order valence-corrected chi connectivity index (χ0v) is 22.8. The van der Waals surface area contributed by atoms with Gasteiger partial charge in [-0.25, -0.2) is 0 Å². The minimum atomic E-state index is -0.452. The summed E-state index contributed by atoms with van der Waals surface area (Å²) in [6.45, 7) is 0.412. The highest BCUT2D eigenvalue weighted by Gasteiger charge is 2.14. The third-order valence-electron chi connectivity index (χ3n) is 5.03. The Balaban J connectivity index is 1.53. The quantitative estimate of drug-likeness (QED) is 0.128. The number of amides is 1. The van der Waals surface area contributed by atoms with Gasteiger partial charge in [0.2, 0.25) is 0 Å². The average Bonchev–Trinajstić information content (AvgIpc) is 2.83. The number of ether oxygens (including phenoxy) is 1. The lowest BCUT2D eigenvalue weighted by Crippen LogP contribution is -2.13. The molecule has 4 aromatic carbocycles. The van der Waals surface area contributed by atoms with E-state index in [2.05, 4.69) is 50.5 Å². The Hall–Kier alpha value is -2.61. The van der Waals surface area contributed by atoms with Gasteiger partial charge >= 0.3 is 0 Å². The van der Waals surface area contributed by atoms with Gasteiger partial charge in [-0.1, -0.05) is 60.1 Å². The average molecular weight is 691 g/mol. The van der Waals surface area contributed by atoms with Crippen LogP contribution in [-0.4, -0.2) is 5.91 Å². The molecular formula is C27H17ClI2N2O2. The number of nitrogens with one attached hydrogen (secondary N) is 1. The van der Waals surface area contributed by atoms with Gasteiger partial charge in [0.15, 0.2) is 0 Å². The highest BCUT2D eigenvalue weighted by molar-refractivity contribution is 14.1. The van der Waals surface area contributed by atoms with Crippen LogP contribution in [0.15, 0.2) is 84.4 Å². The monoisotopic (exact) mass is 690 g/mol. The topological polar surface area (TPSA) is 62.1 Å². The van der Waals surface area contributed by atoms with E-state index in [0.717, 1.165) is 34.8 Å². The fraction of sp³-hybridized carbons (Fsp3) is 0.0370. The minimum Gasteiger partial charge on any atom is -0.487 e. The lowest BCUT2D eigenvalue weighted by Gasteiger charge is -2.12. The van der Waals surface area contributed by atoms with Crippen LogP contribution in [0, 0.1) is 18.5 Å². The summed E-state index contributed by atoms with van der Waals surface area (Å²) < 4.78 is 7.80. The fourth-order valence-corrected chi connectivity index (χ4v) is 5.63. The first-order valence-electron chi connectivity index (χ1n) is 10.2. The van der Waals surface area contributed by atoms with Crippen molar-refractivity contribution in [3.63, 3.8) is 0 Å². The molecule has 0 saturated carbocycles. The van der Waals surface area contributed by atoms with E-state index in [0.29, 0.717) is 17.3 Å². The van der Waals surface area contributed by atoms with Crippen molar-refractivity contribution in [3.8, 4) is 11.8 Å². The summed E-state index contributed by atoms with van der Waals surface area (Å²) in [5.41, 5.74) is 2.45. The van der Waals surface area contributed by atoms with Gasteiger partial charge in [0.05, 0.1) is 7.14 Å². The number of fused-ring (bicyclic) bond motifs is 1. The van der Waals surface area contributed by atoms with Crippen LogP contribution < -0.4 is 10.1 Å². The van der Waals surface area contributed by atoms with Gasteiger partial charge < -0.3 is 10.1 Å². The third-order valence-corrected chi connectivity index (χ3v) is 6.89. The minimum absolute atomic E-state index is 0.0226. The lowest BCUT2D eigenvalue weighted by molar-refractivity contribution is -0.112. The van der Waals surface area contributed by atoms with Crippen molar-refractivity contribution in [3.05, 3.63) is 108 Å². The normalized spacial score (nSPS) is 11.2. The summed E-state index contributed by atoms with van der Waals surface area (Å²) in [7, 11) is 0. The van der Waals surface area contributed by atoms with E-state index in [4.69, 9.17) is 16.3 Å². The number of halogens is 3. The Morgan fingerprint density at radius 3 is 2.38 bits per heavy atom. The van der Waals surface area contributed by atoms with Crippen LogP contribution in [-0.2, 0) is 11.4 Å². The molecule has 34 heavy (non-hydrogen) atoms. The molecule has 1 amide bonds. The van der Waals surface area contributed by atoms with Crippen LogP contribution in [0.4, 0.5) is 5.69 Å². The molecule has 7 heteroatoms.